The summed E-state index contributed by atoms with van der Waals surface area (Å²) in [4.78, 5) is 0. The molecule has 0 aromatic heterocycles. The van der Waals surface area contributed by atoms with Crippen molar-refractivity contribution in [2.45, 2.75) is 33.5 Å². The van der Waals surface area contributed by atoms with E-state index in [0.717, 1.165) is 0 Å². The Kier molecular flexibility index (Phi) is 5.06. The summed E-state index contributed by atoms with van der Waals surface area (Å²) in [7, 11) is 0. The smallest absolute Gasteiger partial charge is 0.0837 e. The topological polar surface area (TPSA) is 9.23 Å². The highest BCUT2D eigenvalue weighted by molar-refractivity contribution is 6.18. The van der Waals surface area contributed by atoms with Gasteiger partial charge < -0.3 is 4.74 Å². The molecule has 0 aliphatic heterocycles. The fourth-order valence-corrected chi connectivity index (χ4v) is 2.57. The molecule has 0 N–H and O–H groups in total. The molecular weight excluding hydrogens is 268 g/mol. The third kappa shape index (κ3) is 3.97. The van der Waals surface area contributed by atoms with Crippen molar-refractivity contribution in [3.8, 4) is 0 Å². The minimum atomic E-state index is 0.0683. The zero-order chi connectivity index (χ0) is 14.6. The molecule has 108 valence electrons. The van der Waals surface area contributed by atoms with Gasteiger partial charge in [-0.25, -0.2) is 0 Å². The predicted molar refractivity (Wildman–Crippen MR) is 85.9 cm³/mol. The van der Waals surface area contributed by atoms with Gasteiger partial charge in [-0.3, -0.25) is 0 Å². The number of benzene rings is 1. The van der Waals surface area contributed by atoms with Gasteiger partial charge >= 0.3 is 0 Å². The molecule has 0 amide bonds. The van der Waals surface area contributed by atoms with Crippen LogP contribution >= 0.6 is 11.6 Å². The molecule has 20 heavy (non-hydrogen) atoms. The number of rotatable bonds is 4. The van der Waals surface area contributed by atoms with Crippen LogP contribution < -0.4 is 0 Å². The van der Waals surface area contributed by atoms with Crippen molar-refractivity contribution in [3.05, 3.63) is 59.7 Å². The standard InChI is InChI=1S/C18H23ClO/c1-18(2,3)16-9-10-17(15(11-16)12-19)20-13-14-7-5-4-6-8-14/h4-11,15,17H,12-13H2,1-3H3. The molecule has 1 aromatic carbocycles. The van der Waals surface area contributed by atoms with Gasteiger partial charge in [-0.2, -0.15) is 0 Å². The molecule has 1 aliphatic carbocycles. The first-order valence-corrected chi connectivity index (χ1v) is 7.66. The van der Waals surface area contributed by atoms with E-state index in [-0.39, 0.29) is 17.4 Å². The lowest BCUT2D eigenvalue weighted by molar-refractivity contribution is 0.0493. The average molecular weight is 291 g/mol. The maximum absolute atomic E-state index is 6.11. The van der Waals surface area contributed by atoms with Crippen LogP contribution in [-0.2, 0) is 11.3 Å². The third-order valence-corrected chi connectivity index (χ3v) is 3.97. The van der Waals surface area contributed by atoms with Gasteiger partial charge in [0.05, 0.1) is 12.7 Å². The van der Waals surface area contributed by atoms with Crippen LogP contribution in [0, 0.1) is 11.3 Å². The molecule has 2 unspecified atom stereocenters. The van der Waals surface area contributed by atoms with Crippen LogP contribution in [0.4, 0.5) is 0 Å². The summed E-state index contributed by atoms with van der Waals surface area (Å²) in [5.74, 6) is 0.836. The highest BCUT2D eigenvalue weighted by atomic mass is 35.5. The Morgan fingerprint density at radius 2 is 1.85 bits per heavy atom. The van der Waals surface area contributed by atoms with E-state index in [1.54, 1.807) is 0 Å². The van der Waals surface area contributed by atoms with Gasteiger partial charge in [-0.1, -0.05) is 69.3 Å². The van der Waals surface area contributed by atoms with Crippen LogP contribution in [0.25, 0.3) is 0 Å². The van der Waals surface area contributed by atoms with Crippen molar-refractivity contribution in [1.82, 2.24) is 0 Å². The fraction of sp³-hybridized carbons (Fsp3) is 0.444. The second-order valence-corrected chi connectivity index (χ2v) is 6.62. The van der Waals surface area contributed by atoms with Crippen molar-refractivity contribution in [1.29, 1.82) is 0 Å². The number of hydrogen-bond acceptors (Lipinski definition) is 1. The molecular formula is C18H23ClO. The fourth-order valence-electron chi connectivity index (χ4n) is 2.30. The lowest BCUT2D eigenvalue weighted by Gasteiger charge is -2.30. The second-order valence-electron chi connectivity index (χ2n) is 6.31. The molecule has 0 radical (unpaired) electrons. The van der Waals surface area contributed by atoms with Gasteiger partial charge in [0.1, 0.15) is 0 Å². The van der Waals surface area contributed by atoms with Gasteiger partial charge in [-0.05, 0) is 16.6 Å². The van der Waals surface area contributed by atoms with Crippen LogP contribution in [0.15, 0.2) is 54.1 Å². The number of halogens is 1. The van der Waals surface area contributed by atoms with Crippen LogP contribution in [0.2, 0.25) is 0 Å². The number of hydrogen-bond donors (Lipinski definition) is 0. The van der Waals surface area contributed by atoms with Gasteiger partial charge in [0, 0.05) is 11.8 Å². The van der Waals surface area contributed by atoms with Crippen molar-refractivity contribution >= 4 is 11.6 Å². The molecule has 2 rings (SSSR count). The van der Waals surface area contributed by atoms with E-state index < -0.39 is 0 Å². The van der Waals surface area contributed by atoms with Crippen molar-refractivity contribution in [3.63, 3.8) is 0 Å². The van der Waals surface area contributed by atoms with Gasteiger partial charge in [0.2, 0.25) is 0 Å². The zero-order valence-corrected chi connectivity index (χ0v) is 13.2. The first-order chi connectivity index (χ1) is 9.50. The lowest BCUT2D eigenvalue weighted by atomic mass is 9.80. The Morgan fingerprint density at radius 3 is 2.45 bits per heavy atom. The number of ether oxygens (including phenoxy) is 1. The molecule has 0 saturated heterocycles. The van der Waals surface area contributed by atoms with Crippen LogP contribution in [0.5, 0.6) is 0 Å². The van der Waals surface area contributed by atoms with E-state index in [0.29, 0.717) is 12.5 Å². The second kappa shape index (κ2) is 6.60. The normalized spacial score (nSPS) is 22.7. The summed E-state index contributed by atoms with van der Waals surface area (Å²) in [6.07, 6.45) is 6.66. The summed E-state index contributed by atoms with van der Waals surface area (Å²) in [5.41, 5.74) is 2.69. The van der Waals surface area contributed by atoms with E-state index >= 15 is 0 Å². The Hall–Kier alpha value is -1.05. The van der Waals surface area contributed by atoms with Crippen LogP contribution in [0.1, 0.15) is 26.3 Å². The molecule has 0 saturated carbocycles. The van der Waals surface area contributed by atoms with Gasteiger partial charge in [0.25, 0.3) is 0 Å². The molecule has 2 heteroatoms. The summed E-state index contributed by atoms with van der Waals surface area (Å²) < 4.78 is 6.02. The first-order valence-electron chi connectivity index (χ1n) is 7.12. The van der Waals surface area contributed by atoms with E-state index in [1.807, 2.05) is 18.2 Å². The molecule has 0 fully saturated rings. The molecule has 1 aromatic rings. The van der Waals surface area contributed by atoms with Gasteiger partial charge in [0.15, 0.2) is 0 Å². The number of alkyl halides is 1. The Balaban J connectivity index is 2.00. The van der Waals surface area contributed by atoms with Crippen molar-refractivity contribution in [2.75, 3.05) is 5.88 Å². The molecule has 0 bridgehead atoms. The van der Waals surface area contributed by atoms with Crippen molar-refractivity contribution < 1.29 is 4.74 Å². The molecule has 0 heterocycles. The minimum Gasteiger partial charge on any atom is -0.369 e. The van der Waals surface area contributed by atoms with Crippen LogP contribution in [-0.4, -0.2) is 12.0 Å². The summed E-state index contributed by atoms with van der Waals surface area (Å²) in [6, 6.07) is 10.2. The molecule has 1 aliphatic rings. The third-order valence-electron chi connectivity index (χ3n) is 3.61. The molecule has 2 atom stereocenters. The predicted octanol–water partition coefficient (Wildman–Crippen LogP) is 4.97. The summed E-state index contributed by atoms with van der Waals surface area (Å²) in [6.45, 7) is 7.29. The zero-order valence-electron chi connectivity index (χ0n) is 12.5. The highest BCUT2D eigenvalue weighted by Gasteiger charge is 2.25. The maximum atomic E-state index is 6.11. The summed E-state index contributed by atoms with van der Waals surface area (Å²) >= 11 is 6.11. The van der Waals surface area contributed by atoms with E-state index in [2.05, 4.69) is 51.1 Å². The quantitative estimate of drug-likeness (QED) is 0.712. The highest BCUT2D eigenvalue weighted by Crippen LogP contribution is 2.32. The first kappa shape index (κ1) is 15.3. The van der Waals surface area contributed by atoms with Gasteiger partial charge in [-0.15, -0.1) is 11.6 Å². The Labute approximate surface area is 127 Å². The number of allylic oxidation sites excluding steroid dienone is 2. The van der Waals surface area contributed by atoms with Crippen molar-refractivity contribution in [2.24, 2.45) is 11.3 Å². The molecule has 0 spiro atoms. The lowest BCUT2D eigenvalue weighted by Crippen LogP contribution is -2.26. The van der Waals surface area contributed by atoms with Crippen LogP contribution in [0.3, 0.4) is 0 Å². The van der Waals surface area contributed by atoms with E-state index in [9.17, 15) is 0 Å². The Morgan fingerprint density at radius 1 is 1.15 bits per heavy atom. The average Bonchev–Trinajstić information content (AvgIpc) is 2.45. The SMILES string of the molecule is CC(C)(C)C1=CC(CCl)C(OCc2ccccc2)C=C1. The van der Waals surface area contributed by atoms with E-state index in [4.69, 9.17) is 16.3 Å². The monoisotopic (exact) mass is 290 g/mol. The maximum Gasteiger partial charge on any atom is 0.0837 e. The minimum absolute atomic E-state index is 0.0683. The van der Waals surface area contributed by atoms with E-state index in [1.165, 1.54) is 11.1 Å². The Bertz CT molecular complexity index is 482. The summed E-state index contributed by atoms with van der Waals surface area (Å²) in [5, 5.41) is 0. The molecule has 1 nitrogen and oxygen atoms in total. The largest absolute Gasteiger partial charge is 0.369 e.